The normalized spacial score (nSPS) is 11.6. The molecule has 0 saturated heterocycles. The Balaban J connectivity index is 1.52. The average Bonchev–Trinajstić information content (AvgIpc) is 3.16. The molecule has 0 amide bonds. The van der Waals surface area contributed by atoms with E-state index in [4.69, 9.17) is 0 Å². The molecular weight excluding hydrogens is 421 g/mol. The monoisotopic (exact) mass is 434 g/mol. The SMILES string of the molecule is Cc1csc(=O)n1CCSc1nnc(Nc2ccc(OC(F)(F)F)cc2)s1. The van der Waals surface area contributed by atoms with Gasteiger partial charge >= 0.3 is 11.2 Å². The second kappa shape index (κ2) is 8.31. The number of nitrogens with one attached hydrogen (secondary N) is 1. The van der Waals surface area contributed by atoms with Crippen LogP contribution in [0, 0.1) is 6.92 Å². The number of ether oxygens (including phenoxy) is 1. The maximum Gasteiger partial charge on any atom is 0.573 e. The molecule has 0 unspecified atom stereocenters. The van der Waals surface area contributed by atoms with Crippen LogP contribution < -0.4 is 14.9 Å². The van der Waals surface area contributed by atoms with Gasteiger partial charge in [-0.15, -0.1) is 23.4 Å². The smallest absolute Gasteiger partial charge is 0.406 e. The molecule has 0 radical (unpaired) electrons. The fourth-order valence-corrected chi connectivity index (χ4v) is 4.61. The molecule has 2 heterocycles. The Labute approximate surface area is 164 Å². The molecule has 12 heteroatoms. The van der Waals surface area contributed by atoms with Gasteiger partial charge in [0.2, 0.25) is 5.13 Å². The number of nitrogens with zero attached hydrogens (tertiary/aromatic N) is 3. The molecule has 0 saturated carbocycles. The standard InChI is InChI=1S/C15H13F3N4O2S3/c1-9-8-26-14(23)22(9)6-7-25-13-21-20-12(27-13)19-10-2-4-11(5-3-10)24-15(16,17)18/h2-5,8H,6-7H2,1H3,(H,19,20). The van der Waals surface area contributed by atoms with Gasteiger partial charge in [0.1, 0.15) is 5.75 Å². The molecule has 2 aromatic heterocycles. The van der Waals surface area contributed by atoms with Crippen molar-refractivity contribution in [2.24, 2.45) is 0 Å². The molecule has 0 aliphatic heterocycles. The lowest BCUT2D eigenvalue weighted by Crippen LogP contribution is -2.16. The second-order valence-corrected chi connectivity index (χ2v) is 8.35. The Morgan fingerprint density at radius 2 is 2.00 bits per heavy atom. The molecule has 0 aliphatic rings. The summed E-state index contributed by atoms with van der Waals surface area (Å²) < 4.78 is 42.7. The van der Waals surface area contributed by atoms with E-state index < -0.39 is 6.36 Å². The van der Waals surface area contributed by atoms with Crippen LogP contribution in [0.2, 0.25) is 0 Å². The number of thiazole rings is 1. The lowest BCUT2D eigenvalue weighted by Gasteiger charge is -2.09. The van der Waals surface area contributed by atoms with Crippen molar-refractivity contribution in [1.82, 2.24) is 14.8 Å². The highest BCUT2D eigenvalue weighted by molar-refractivity contribution is 8.01. The number of halogens is 3. The molecule has 3 aromatic rings. The van der Waals surface area contributed by atoms with Crippen molar-refractivity contribution in [3.05, 3.63) is 45.0 Å². The molecule has 6 nitrogen and oxygen atoms in total. The summed E-state index contributed by atoms with van der Waals surface area (Å²) in [5.74, 6) is 0.385. The van der Waals surface area contributed by atoms with Crippen LogP contribution in [0.25, 0.3) is 0 Å². The minimum absolute atomic E-state index is 0.0191. The van der Waals surface area contributed by atoms with Crippen LogP contribution in [-0.4, -0.2) is 26.9 Å². The minimum atomic E-state index is -4.72. The lowest BCUT2D eigenvalue weighted by atomic mass is 10.3. The van der Waals surface area contributed by atoms with Crippen LogP contribution in [0.15, 0.2) is 38.8 Å². The van der Waals surface area contributed by atoms with Gasteiger partial charge in [0.15, 0.2) is 4.34 Å². The van der Waals surface area contributed by atoms with Crippen molar-refractivity contribution in [1.29, 1.82) is 0 Å². The third kappa shape index (κ3) is 5.71. The lowest BCUT2D eigenvalue weighted by molar-refractivity contribution is -0.274. The third-order valence-corrected chi connectivity index (χ3v) is 6.10. The molecule has 0 aliphatic carbocycles. The van der Waals surface area contributed by atoms with E-state index in [9.17, 15) is 18.0 Å². The first-order valence-corrected chi connectivity index (χ1v) is 10.2. The van der Waals surface area contributed by atoms with Crippen molar-refractivity contribution in [2.45, 2.75) is 24.2 Å². The summed E-state index contributed by atoms with van der Waals surface area (Å²) in [6, 6.07) is 5.35. The molecule has 0 atom stereocenters. The molecule has 1 aromatic carbocycles. The topological polar surface area (TPSA) is 69.0 Å². The molecular formula is C15H13F3N4O2S3. The fourth-order valence-electron chi connectivity index (χ4n) is 2.08. The van der Waals surface area contributed by atoms with Crippen LogP contribution in [0.5, 0.6) is 5.75 Å². The maximum atomic E-state index is 12.2. The number of aryl methyl sites for hydroxylation is 1. The van der Waals surface area contributed by atoms with Gasteiger partial charge in [-0.1, -0.05) is 34.4 Å². The highest BCUT2D eigenvalue weighted by Crippen LogP contribution is 2.29. The molecule has 1 N–H and O–H groups in total. The van der Waals surface area contributed by atoms with Crippen molar-refractivity contribution < 1.29 is 17.9 Å². The summed E-state index contributed by atoms with van der Waals surface area (Å²) in [4.78, 5) is 11.7. The summed E-state index contributed by atoms with van der Waals surface area (Å²) in [6.07, 6.45) is -4.72. The van der Waals surface area contributed by atoms with Crippen molar-refractivity contribution in [2.75, 3.05) is 11.1 Å². The number of rotatable bonds is 7. The molecule has 144 valence electrons. The predicted molar refractivity (Wildman–Crippen MR) is 100 cm³/mol. The van der Waals surface area contributed by atoms with Gasteiger partial charge in [-0.3, -0.25) is 4.79 Å². The van der Waals surface area contributed by atoms with Crippen LogP contribution in [0.4, 0.5) is 24.0 Å². The maximum absolute atomic E-state index is 12.2. The van der Waals surface area contributed by atoms with Gasteiger partial charge in [0.25, 0.3) is 0 Å². The number of anilines is 2. The van der Waals surface area contributed by atoms with E-state index in [0.29, 0.717) is 23.1 Å². The zero-order valence-corrected chi connectivity index (χ0v) is 16.3. The Hall–Kier alpha value is -2.05. The van der Waals surface area contributed by atoms with E-state index in [1.54, 1.807) is 4.57 Å². The van der Waals surface area contributed by atoms with E-state index in [0.717, 1.165) is 10.0 Å². The minimum Gasteiger partial charge on any atom is -0.406 e. The van der Waals surface area contributed by atoms with E-state index >= 15 is 0 Å². The van der Waals surface area contributed by atoms with E-state index in [1.165, 1.54) is 58.7 Å². The number of thioether (sulfide) groups is 1. The number of hydrogen-bond donors (Lipinski definition) is 1. The van der Waals surface area contributed by atoms with Gasteiger partial charge in [-0.05, 0) is 31.2 Å². The van der Waals surface area contributed by atoms with Crippen LogP contribution in [-0.2, 0) is 6.54 Å². The van der Waals surface area contributed by atoms with Crippen LogP contribution in [0.1, 0.15) is 5.69 Å². The predicted octanol–water partition coefficient (Wildman–Crippen LogP) is 4.50. The van der Waals surface area contributed by atoms with E-state index in [-0.39, 0.29) is 10.6 Å². The van der Waals surface area contributed by atoms with Gasteiger partial charge in [0.05, 0.1) is 0 Å². The number of aromatic nitrogens is 3. The zero-order valence-electron chi connectivity index (χ0n) is 13.8. The largest absolute Gasteiger partial charge is 0.573 e. The van der Waals surface area contributed by atoms with Crippen molar-refractivity contribution in [3.63, 3.8) is 0 Å². The Bertz CT molecular complexity index is 950. The fraction of sp³-hybridized carbons (Fsp3) is 0.267. The summed E-state index contributed by atoms with van der Waals surface area (Å²) >= 11 is 3.98. The summed E-state index contributed by atoms with van der Waals surface area (Å²) in [7, 11) is 0. The third-order valence-electron chi connectivity index (χ3n) is 3.26. The number of benzene rings is 1. The Kier molecular flexibility index (Phi) is 6.07. The van der Waals surface area contributed by atoms with E-state index in [2.05, 4.69) is 20.3 Å². The molecule has 0 bridgehead atoms. The van der Waals surface area contributed by atoms with Gasteiger partial charge in [-0.25, -0.2) is 0 Å². The summed E-state index contributed by atoms with van der Waals surface area (Å²) in [6.45, 7) is 2.47. The molecule has 27 heavy (non-hydrogen) atoms. The number of hydrogen-bond acceptors (Lipinski definition) is 8. The molecule has 0 fully saturated rings. The highest BCUT2D eigenvalue weighted by atomic mass is 32.2. The second-order valence-electron chi connectivity index (χ2n) is 5.21. The first kappa shape index (κ1) is 19.7. The average molecular weight is 434 g/mol. The summed E-state index contributed by atoms with van der Waals surface area (Å²) in [5.41, 5.74) is 1.50. The van der Waals surface area contributed by atoms with Gasteiger partial charge in [-0.2, -0.15) is 0 Å². The highest BCUT2D eigenvalue weighted by Gasteiger charge is 2.30. The van der Waals surface area contributed by atoms with Crippen LogP contribution in [0.3, 0.4) is 0 Å². The Morgan fingerprint density at radius 1 is 1.26 bits per heavy atom. The first-order valence-electron chi connectivity index (χ1n) is 7.54. The van der Waals surface area contributed by atoms with Crippen molar-refractivity contribution >= 4 is 45.3 Å². The van der Waals surface area contributed by atoms with E-state index in [1.807, 2.05) is 12.3 Å². The van der Waals surface area contributed by atoms with Crippen molar-refractivity contribution in [3.8, 4) is 5.75 Å². The molecule has 0 spiro atoms. The van der Waals surface area contributed by atoms with Crippen LogP contribution >= 0.6 is 34.4 Å². The summed E-state index contributed by atoms with van der Waals surface area (Å²) in [5, 5.41) is 13.4. The number of alkyl halides is 3. The zero-order chi connectivity index (χ0) is 19.4. The Morgan fingerprint density at radius 3 is 2.63 bits per heavy atom. The van der Waals surface area contributed by atoms with Gasteiger partial charge < -0.3 is 14.6 Å². The first-order chi connectivity index (χ1) is 12.8. The van der Waals surface area contributed by atoms with Gasteiger partial charge in [0, 0.05) is 29.1 Å². The molecule has 3 rings (SSSR count). The quantitative estimate of drug-likeness (QED) is 0.552.